The Morgan fingerprint density at radius 1 is 1.08 bits per heavy atom. The van der Waals surface area contributed by atoms with Crippen molar-refractivity contribution in [2.45, 2.75) is 32.7 Å². The maximum Gasteiger partial charge on any atom is 0.0607 e. The molecule has 3 heteroatoms. The molecule has 0 aliphatic rings. The first-order valence-electron chi connectivity index (χ1n) is 4.73. The summed E-state index contributed by atoms with van der Waals surface area (Å²) in [5, 5.41) is 20.6. The maximum absolute atomic E-state index is 8.76. The molecule has 0 bridgehead atoms. The van der Waals surface area contributed by atoms with Crippen LogP contribution < -0.4 is 5.32 Å². The second kappa shape index (κ2) is 7.53. The molecule has 0 aliphatic heterocycles. The van der Waals surface area contributed by atoms with E-state index in [0.717, 1.165) is 19.4 Å². The van der Waals surface area contributed by atoms with Gasteiger partial charge in [0.25, 0.3) is 0 Å². The molecule has 3 nitrogen and oxygen atoms in total. The zero-order valence-electron chi connectivity index (χ0n) is 8.08. The summed E-state index contributed by atoms with van der Waals surface area (Å²) >= 11 is 0. The van der Waals surface area contributed by atoms with Crippen LogP contribution in [0.3, 0.4) is 0 Å². The Hall–Kier alpha value is -0.120. The van der Waals surface area contributed by atoms with Gasteiger partial charge in [-0.2, -0.15) is 0 Å². The lowest BCUT2D eigenvalue weighted by Crippen LogP contribution is -2.38. The van der Waals surface area contributed by atoms with Gasteiger partial charge in [-0.25, -0.2) is 0 Å². The summed E-state index contributed by atoms with van der Waals surface area (Å²) in [6.45, 7) is 5.22. The number of hydrogen-bond acceptors (Lipinski definition) is 3. The summed E-state index contributed by atoms with van der Waals surface area (Å²) in [6.07, 6.45) is 2.29. The predicted octanol–water partition coefficient (Wildman–Crippen LogP) is 0.365. The molecule has 0 aromatic heterocycles. The fourth-order valence-electron chi connectivity index (χ4n) is 1.10. The highest BCUT2D eigenvalue weighted by atomic mass is 16.3. The Labute approximate surface area is 74.8 Å². The minimum absolute atomic E-state index is 0.0106. The molecule has 0 aliphatic carbocycles. The van der Waals surface area contributed by atoms with E-state index < -0.39 is 0 Å². The summed E-state index contributed by atoms with van der Waals surface area (Å²) in [5.74, 6) is 0.658. The van der Waals surface area contributed by atoms with Crippen molar-refractivity contribution in [3.05, 3.63) is 0 Å². The third kappa shape index (κ3) is 4.70. The molecule has 0 atom stereocenters. The monoisotopic (exact) mass is 175 g/mol. The molecule has 0 radical (unpaired) electrons. The average Bonchev–Trinajstić information content (AvgIpc) is 2.13. The molecule has 74 valence electrons. The molecule has 0 saturated heterocycles. The lowest BCUT2D eigenvalue weighted by Gasteiger charge is -2.18. The number of aliphatic hydroxyl groups is 2. The van der Waals surface area contributed by atoms with Crippen LogP contribution in [-0.2, 0) is 0 Å². The van der Waals surface area contributed by atoms with Crippen molar-refractivity contribution < 1.29 is 10.2 Å². The fraction of sp³-hybridized carbons (Fsp3) is 1.00. The van der Waals surface area contributed by atoms with Crippen LogP contribution in [0.4, 0.5) is 0 Å². The van der Waals surface area contributed by atoms with Crippen LogP contribution in [0.1, 0.15) is 26.7 Å². The van der Waals surface area contributed by atoms with Crippen molar-refractivity contribution >= 4 is 0 Å². The van der Waals surface area contributed by atoms with E-state index in [1.54, 1.807) is 0 Å². The summed E-state index contributed by atoms with van der Waals surface area (Å²) in [7, 11) is 0. The minimum atomic E-state index is -0.148. The van der Waals surface area contributed by atoms with Gasteiger partial charge in [0, 0.05) is 0 Å². The third-order valence-corrected chi connectivity index (χ3v) is 2.29. The van der Waals surface area contributed by atoms with Gasteiger partial charge in [-0.05, 0) is 12.5 Å². The van der Waals surface area contributed by atoms with E-state index in [2.05, 4.69) is 19.2 Å². The van der Waals surface area contributed by atoms with E-state index in [4.69, 9.17) is 10.2 Å². The lowest BCUT2D eigenvalue weighted by atomic mass is 10.0. The number of nitrogens with one attached hydrogen (secondary N) is 1. The standard InChI is InChI=1S/C9H21NO2/c1-3-8(4-2)5-10-9(6-11)7-12/h8-12H,3-7H2,1-2H3. The van der Waals surface area contributed by atoms with Crippen LogP contribution in [0.5, 0.6) is 0 Å². The van der Waals surface area contributed by atoms with Gasteiger partial charge in [-0.15, -0.1) is 0 Å². The maximum atomic E-state index is 8.76. The van der Waals surface area contributed by atoms with Crippen molar-refractivity contribution in [3.63, 3.8) is 0 Å². The summed E-state index contributed by atoms with van der Waals surface area (Å²) < 4.78 is 0. The van der Waals surface area contributed by atoms with E-state index in [1.807, 2.05) is 0 Å². The Balaban J connectivity index is 3.49. The SMILES string of the molecule is CCC(CC)CNC(CO)CO. The van der Waals surface area contributed by atoms with E-state index in [1.165, 1.54) is 0 Å². The molecule has 0 rings (SSSR count). The Kier molecular flexibility index (Phi) is 7.45. The predicted molar refractivity (Wildman–Crippen MR) is 50.0 cm³/mol. The Morgan fingerprint density at radius 2 is 1.58 bits per heavy atom. The van der Waals surface area contributed by atoms with Crippen LogP contribution >= 0.6 is 0 Å². The normalized spacial score (nSPS) is 11.5. The Bertz CT molecular complexity index is 78.5. The second-order valence-corrected chi connectivity index (χ2v) is 3.15. The highest BCUT2D eigenvalue weighted by Gasteiger charge is 2.07. The molecule has 0 fully saturated rings. The molecule has 3 N–H and O–H groups in total. The molecule has 12 heavy (non-hydrogen) atoms. The van der Waals surface area contributed by atoms with Crippen molar-refractivity contribution in [1.29, 1.82) is 0 Å². The van der Waals surface area contributed by atoms with Crippen LogP contribution in [0.25, 0.3) is 0 Å². The van der Waals surface area contributed by atoms with Crippen molar-refractivity contribution in [1.82, 2.24) is 5.32 Å². The van der Waals surface area contributed by atoms with Gasteiger partial charge < -0.3 is 15.5 Å². The topological polar surface area (TPSA) is 52.5 Å². The Morgan fingerprint density at radius 3 is 1.92 bits per heavy atom. The van der Waals surface area contributed by atoms with Gasteiger partial charge >= 0.3 is 0 Å². The molecule has 0 heterocycles. The quantitative estimate of drug-likeness (QED) is 0.524. The van der Waals surface area contributed by atoms with Gasteiger partial charge in [0.05, 0.1) is 19.3 Å². The van der Waals surface area contributed by atoms with Crippen LogP contribution in [0, 0.1) is 5.92 Å². The third-order valence-electron chi connectivity index (χ3n) is 2.29. The smallest absolute Gasteiger partial charge is 0.0607 e. The van der Waals surface area contributed by atoms with Crippen molar-refractivity contribution in [2.75, 3.05) is 19.8 Å². The van der Waals surface area contributed by atoms with E-state index in [0.29, 0.717) is 5.92 Å². The van der Waals surface area contributed by atoms with Gasteiger partial charge in [0.15, 0.2) is 0 Å². The molecular weight excluding hydrogens is 154 g/mol. The summed E-state index contributed by atoms with van der Waals surface area (Å²) in [6, 6.07) is -0.148. The zero-order chi connectivity index (χ0) is 9.40. The molecule has 0 saturated carbocycles. The summed E-state index contributed by atoms with van der Waals surface area (Å²) in [5.41, 5.74) is 0. The lowest BCUT2D eigenvalue weighted by molar-refractivity contribution is 0.166. The van der Waals surface area contributed by atoms with Gasteiger partial charge in [0.2, 0.25) is 0 Å². The van der Waals surface area contributed by atoms with Crippen LogP contribution in [0.2, 0.25) is 0 Å². The van der Waals surface area contributed by atoms with E-state index >= 15 is 0 Å². The zero-order valence-corrected chi connectivity index (χ0v) is 8.08. The molecule has 0 aromatic rings. The molecular formula is C9H21NO2. The summed E-state index contributed by atoms with van der Waals surface area (Å²) in [4.78, 5) is 0. The molecule has 0 amide bonds. The average molecular weight is 175 g/mol. The molecule has 0 unspecified atom stereocenters. The van der Waals surface area contributed by atoms with Crippen LogP contribution in [0.15, 0.2) is 0 Å². The van der Waals surface area contributed by atoms with E-state index in [9.17, 15) is 0 Å². The van der Waals surface area contributed by atoms with Crippen LogP contribution in [-0.4, -0.2) is 36.0 Å². The number of hydrogen-bond donors (Lipinski definition) is 3. The van der Waals surface area contributed by atoms with Gasteiger partial charge in [-0.3, -0.25) is 0 Å². The number of rotatable bonds is 7. The van der Waals surface area contributed by atoms with Gasteiger partial charge in [0.1, 0.15) is 0 Å². The molecule has 0 aromatic carbocycles. The highest BCUT2D eigenvalue weighted by molar-refractivity contribution is 4.66. The highest BCUT2D eigenvalue weighted by Crippen LogP contribution is 2.05. The fourth-order valence-corrected chi connectivity index (χ4v) is 1.10. The molecule has 0 spiro atoms. The van der Waals surface area contributed by atoms with Crippen molar-refractivity contribution in [3.8, 4) is 0 Å². The first kappa shape index (κ1) is 11.9. The number of aliphatic hydroxyl groups excluding tert-OH is 2. The minimum Gasteiger partial charge on any atom is -0.395 e. The van der Waals surface area contributed by atoms with Crippen molar-refractivity contribution in [2.24, 2.45) is 5.92 Å². The first-order valence-corrected chi connectivity index (χ1v) is 4.73. The first-order chi connectivity index (χ1) is 5.78. The largest absolute Gasteiger partial charge is 0.395 e. The second-order valence-electron chi connectivity index (χ2n) is 3.15. The van der Waals surface area contributed by atoms with E-state index in [-0.39, 0.29) is 19.3 Å². The van der Waals surface area contributed by atoms with Gasteiger partial charge in [-0.1, -0.05) is 26.7 Å².